The number of hydrogen-bond acceptors (Lipinski definition) is 3. The van der Waals surface area contributed by atoms with Gasteiger partial charge in [0.2, 0.25) is 0 Å². The van der Waals surface area contributed by atoms with E-state index in [0.717, 1.165) is 50.3 Å². The molecular weight excluding hydrogens is 645 g/mol. The van der Waals surface area contributed by atoms with Gasteiger partial charge in [-0.3, -0.25) is 4.98 Å². The van der Waals surface area contributed by atoms with E-state index in [2.05, 4.69) is 45.9 Å². The fraction of sp³-hybridized carbons (Fsp3) is 0. The number of benzene rings is 4. The van der Waals surface area contributed by atoms with Crippen molar-refractivity contribution in [2.24, 2.45) is 0 Å². The molecule has 7 aromatic rings. The first kappa shape index (κ1) is 25.2. The van der Waals surface area contributed by atoms with Crippen LogP contribution in [-0.2, 0) is 20.1 Å². The summed E-state index contributed by atoms with van der Waals surface area (Å²) in [5.41, 5.74) is 5.77. The van der Waals surface area contributed by atoms with Crippen molar-refractivity contribution < 1.29 is 20.1 Å². The van der Waals surface area contributed by atoms with Gasteiger partial charge in [0.25, 0.3) is 0 Å². The average Bonchev–Trinajstić information content (AvgIpc) is 3.40. The van der Waals surface area contributed by atoms with Crippen LogP contribution in [-0.4, -0.2) is 19.5 Å². The first-order chi connectivity index (χ1) is 18.4. The van der Waals surface area contributed by atoms with E-state index in [1.54, 1.807) is 6.20 Å². The van der Waals surface area contributed by atoms with Crippen molar-refractivity contribution in [1.82, 2.24) is 19.5 Å². The van der Waals surface area contributed by atoms with Gasteiger partial charge in [-0.25, -0.2) is 4.98 Å². The molecule has 0 aliphatic heterocycles. The van der Waals surface area contributed by atoms with Crippen LogP contribution in [0.5, 0.6) is 0 Å². The summed E-state index contributed by atoms with van der Waals surface area (Å²) in [6, 6.07) is 46.5. The zero-order valence-electron chi connectivity index (χ0n) is 20.3. The first-order valence-corrected chi connectivity index (χ1v) is 12.1. The van der Waals surface area contributed by atoms with Crippen molar-refractivity contribution in [1.29, 1.82) is 0 Å². The zero-order chi connectivity index (χ0) is 24.9. The Hall–Kier alpha value is -4.44. The molecule has 0 aliphatic carbocycles. The molecule has 0 saturated heterocycles. The molecule has 0 fully saturated rings. The molecule has 38 heavy (non-hydrogen) atoms. The van der Waals surface area contributed by atoms with Crippen molar-refractivity contribution in [2.75, 3.05) is 0 Å². The number of nitrogens with zero attached hydrogens (tertiary/aromatic N) is 4. The monoisotopic (exact) mass is 667 g/mol. The molecule has 0 spiro atoms. The Morgan fingerprint density at radius 2 is 1.29 bits per heavy atom. The fourth-order valence-corrected chi connectivity index (χ4v) is 4.28. The van der Waals surface area contributed by atoms with E-state index in [1.165, 1.54) is 0 Å². The molecule has 0 N–H and O–H groups in total. The minimum Gasteiger partial charge on any atom is -0.318 e. The SMILES string of the molecule is [Ir].[c-]1ccccc1-c1ccccn1.[c-]1ccccc1-c1nc2c3ccccc3cnc2n1-c1ccccc1. The van der Waals surface area contributed by atoms with E-state index in [0.29, 0.717) is 0 Å². The van der Waals surface area contributed by atoms with Crippen LogP contribution in [0.2, 0.25) is 0 Å². The molecule has 0 bridgehead atoms. The Labute approximate surface area is 235 Å². The van der Waals surface area contributed by atoms with Crippen LogP contribution < -0.4 is 0 Å². The molecule has 185 valence electrons. The molecule has 0 saturated carbocycles. The minimum atomic E-state index is 0. The summed E-state index contributed by atoms with van der Waals surface area (Å²) in [4.78, 5) is 13.9. The largest absolute Gasteiger partial charge is 0.318 e. The molecule has 0 unspecified atom stereocenters. The summed E-state index contributed by atoms with van der Waals surface area (Å²) in [6.07, 6.45) is 3.70. The van der Waals surface area contributed by atoms with E-state index in [4.69, 9.17) is 9.97 Å². The number of hydrogen-bond donors (Lipinski definition) is 0. The van der Waals surface area contributed by atoms with Gasteiger partial charge in [-0.05, 0) is 23.9 Å². The Morgan fingerprint density at radius 3 is 2.00 bits per heavy atom. The Balaban J connectivity index is 0.000000191. The van der Waals surface area contributed by atoms with Crippen LogP contribution in [0.25, 0.3) is 50.3 Å². The summed E-state index contributed by atoms with van der Waals surface area (Å²) in [7, 11) is 0. The van der Waals surface area contributed by atoms with E-state index in [-0.39, 0.29) is 20.1 Å². The number of pyridine rings is 2. The van der Waals surface area contributed by atoms with Crippen LogP contribution in [0.3, 0.4) is 0 Å². The summed E-state index contributed by atoms with van der Waals surface area (Å²) in [5.74, 6) is 0.852. The van der Waals surface area contributed by atoms with E-state index < -0.39 is 0 Å². The predicted octanol–water partition coefficient (Wildman–Crippen LogP) is 7.59. The first-order valence-electron chi connectivity index (χ1n) is 12.1. The molecule has 3 heterocycles. The Bertz CT molecular complexity index is 1710. The van der Waals surface area contributed by atoms with Crippen molar-refractivity contribution in [3.05, 3.63) is 146 Å². The Morgan fingerprint density at radius 1 is 0.605 bits per heavy atom. The summed E-state index contributed by atoms with van der Waals surface area (Å²) >= 11 is 0. The molecule has 0 amide bonds. The fourth-order valence-electron chi connectivity index (χ4n) is 4.28. The summed E-state index contributed by atoms with van der Waals surface area (Å²) in [6.45, 7) is 0. The third-order valence-electron chi connectivity index (χ3n) is 6.01. The molecule has 0 aliphatic rings. The van der Waals surface area contributed by atoms with Gasteiger partial charge in [0.1, 0.15) is 5.52 Å². The smallest absolute Gasteiger partial charge is 0.156 e. The third-order valence-corrected chi connectivity index (χ3v) is 6.01. The molecule has 3 aromatic heterocycles. The molecule has 4 aromatic carbocycles. The second-order valence-electron chi connectivity index (χ2n) is 8.39. The van der Waals surface area contributed by atoms with Crippen LogP contribution in [0.4, 0.5) is 0 Å². The maximum Gasteiger partial charge on any atom is 0.156 e. The summed E-state index contributed by atoms with van der Waals surface area (Å²) < 4.78 is 2.10. The number of aromatic nitrogens is 4. The number of para-hydroxylation sites is 1. The second kappa shape index (κ2) is 11.7. The third kappa shape index (κ3) is 5.16. The molecule has 4 nitrogen and oxygen atoms in total. The molecule has 7 rings (SSSR count). The quantitative estimate of drug-likeness (QED) is 0.183. The Kier molecular flexibility index (Phi) is 7.79. The van der Waals surface area contributed by atoms with Crippen molar-refractivity contribution in [3.8, 4) is 28.3 Å². The number of imidazole rings is 1. The van der Waals surface area contributed by atoms with Crippen LogP contribution in [0.1, 0.15) is 0 Å². The van der Waals surface area contributed by atoms with E-state index in [1.807, 2.05) is 103 Å². The van der Waals surface area contributed by atoms with Gasteiger partial charge in [0, 0.05) is 49.0 Å². The van der Waals surface area contributed by atoms with Crippen molar-refractivity contribution >= 4 is 21.9 Å². The summed E-state index contributed by atoms with van der Waals surface area (Å²) in [5, 5.41) is 2.20. The second-order valence-corrected chi connectivity index (χ2v) is 8.39. The number of rotatable bonds is 3. The topological polar surface area (TPSA) is 43.6 Å². The predicted molar refractivity (Wildman–Crippen MR) is 149 cm³/mol. The van der Waals surface area contributed by atoms with Crippen LogP contribution in [0.15, 0.2) is 134 Å². The standard InChI is InChI=1S/C22H14N3.C11H8N.Ir/c1-3-9-16(10-4-1)21-24-20-19-14-8-7-11-17(19)15-23-22(20)25(21)18-12-5-2-6-13-18;1-2-6-10(7-3-1)11-8-4-5-9-12-11;/h1-9,11-15H;1-6,8-9H;/q2*-1;. The minimum absolute atomic E-state index is 0. The van der Waals surface area contributed by atoms with Gasteiger partial charge in [-0.1, -0.05) is 54.6 Å². The zero-order valence-corrected chi connectivity index (χ0v) is 22.7. The average molecular weight is 667 g/mol. The van der Waals surface area contributed by atoms with Crippen LogP contribution >= 0.6 is 0 Å². The molecule has 5 heteroatoms. The van der Waals surface area contributed by atoms with Gasteiger partial charge in [-0.15, -0.1) is 71.8 Å². The number of fused-ring (bicyclic) bond motifs is 3. The molecule has 1 radical (unpaired) electrons. The van der Waals surface area contributed by atoms with E-state index in [9.17, 15) is 0 Å². The van der Waals surface area contributed by atoms with Crippen LogP contribution in [0, 0.1) is 12.1 Å². The van der Waals surface area contributed by atoms with Gasteiger partial charge >= 0.3 is 0 Å². The maximum atomic E-state index is 4.96. The molecular formula is C33H22IrN4-2. The van der Waals surface area contributed by atoms with Crippen molar-refractivity contribution in [2.45, 2.75) is 0 Å². The normalized spacial score (nSPS) is 10.4. The van der Waals surface area contributed by atoms with Gasteiger partial charge < -0.3 is 9.55 Å². The van der Waals surface area contributed by atoms with Gasteiger partial charge in [0.05, 0.1) is 5.82 Å². The maximum absolute atomic E-state index is 4.96. The molecule has 0 atom stereocenters. The van der Waals surface area contributed by atoms with Gasteiger partial charge in [0.15, 0.2) is 5.65 Å². The van der Waals surface area contributed by atoms with E-state index >= 15 is 0 Å². The van der Waals surface area contributed by atoms with Gasteiger partial charge in [-0.2, -0.15) is 0 Å². The van der Waals surface area contributed by atoms with Crippen molar-refractivity contribution in [3.63, 3.8) is 0 Å².